The van der Waals surface area contributed by atoms with Crippen molar-refractivity contribution in [3.05, 3.63) is 34.9 Å². The minimum atomic E-state index is -0.761. The van der Waals surface area contributed by atoms with E-state index in [0.29, 0.717) is 6.61 Å². The molecule has 0 aliphatic carbocycles. The molecular formula is C17H27NO3. The average molecular weight is 293 g/mol. The van der Waals surface area contributed by atoms with Crippen LogP contribution in [0.5, 0.6) is 0 Å². The summed E-state index contributed by atoms with van der Waals surface area (Å²) >= 11 is 0. The Bertz CT molecular complexity index is 446. The maximum absolute atomic E-state index is 11.0. The number of ether oxygens (including phenoxy) is 1. The molecule has 0 bridgehead atoms. The zero-order chi connectivity index (χ0) is 15.7. The van der Waals surface area contributed by atoms with Crippen molar-refractivity contribution in [2.75, 3.05) is 19.8 Å². The number of rotatable bonds is 10. The number of carboxylic acids is 1. The van der Waals surface area contributed by atoms with Crippen LogP contribution in [0.3, 0.4) is 0 Å². The SMILES string of the molecule is CCOCCCNC(CC(=O)O)Cc1cc(C)ccc1C. The second-order valence-electron chi connectivity index (χ2n) is 5.43. The molecule has 1 unspecified atom stereocenters. The monoisotopic (exact) mass is 293 g/mol. The highest BCUT2D eigenvalue weighted by atomic mass is 16.5. The standard InChI is InChI=1S/C17H27NO3/c1-4-21-9-5-8-18-16(12-17(19)20)11-15-10-13(2)6-7-14(15)3/h6-7,10,16,18H,4-5,8-9,11-12H2,1-3H3,(H,19,20). The van der Waals surface area contributed by atoms with Gasteiger partial charge in [0.2, 0.25) is 0 Å². The molecule has 0 amide bonds. The third kappa shape index (κ3) is 7.25. The molecule has 0 heterocycles. The number of aliphatic carboxylic acids is 1. The lowest BCUT2D eigenvalue weighted by Gasteiger charge is -2.18. The molecule has 0 aromatic heterocycles. The van der Waals surface area contributed by atoms with Crippen molar-refractivity contribution in [3.8, 4) is 0 Å². The van der Waals surface area contributed by atoms with E-state index >= 15 is 0 Å². The van der Waals surface area contributed by atoms with Crippen LogP contribution in [0.2, 0.25) is 0 Å². The number of carboxylic acid groups (broad SMARTS) is 1. The molecule has 1 aromatic carbocycles. The van der Waals surface area contributed by atoms with Crippen LogP contribution in [0.4, 0.5) is 0 Å². The molecule has 118 valence electrons. The lowest BCUT2D eigenvalue weighted by Crippen LogP contribution is -2.34. The normalized spacial score (nSPS) is 12.3. The third-order valence-electron chi connectivity index (χ3n) is 3.49. The highest BCUT2D eigenvalue weighted by Gasteiger charge is 2.14. The first-order valence-electron chi connectivity index (χ1n) is 7.62. The van der Waals surface area contributed by atoms with Crippen molar-refractivity contribution in [2.24, 2.45) is 0 Å². The summed E-state index contributed by atoms with van der Waals surface area (Å²) in [6.45, 7) is 8.32. The van der Waals surface area contributed by atoms with Gasteiger partial charge in [0, 0.05) is 19.3 Å². The molecule has 21 heavy (non-hydrogen) atoms. The molecule has 1 aromatic rings. The third-order valence-corrected chi connectivity index (χ3v) is 3.49. The van der Waals surface area contributed by atoms with Gasteiger partial charge in [-0.1, -0.05) is 23.8 Å². The molecule has 0 aliphatic heterocycles. The first kappa shape index (κ1) is 17.7. The highest BCUT2D eigenvalue weighted by Crippen LogP contribution is 2.14. The molecule has 0 aliphatic rings. The molecule has 1 atom stereocenters. The number of nitrogens with one attached hydrogen (secondary N) is 1. The predicted octanol–water partition coefficient (Wildman–Crippen LogP) is 2.71. The Balaban J connectivity index is 2.56. The molecule has 0 radical (unpaired) electrons. The first-order chi connectivity index (χ1) is 10.0. The molecule has 0 saturated carbocycles. The van der Waals surface area contributed by atoms with Crippen molar-refractivity contribution in [1.82, 2.24) is 5.32 Å². The molecule has 1 rings (SSSR count). The Morgan fingerprint density at radius 2 is 2.14 bits per heavy atom. The Morgan fingerprint density at radius 1 is 1.38 bits per heavy atom. The minimum absolute atomic E-state index is 0.0374. The Hall–Kier alpha value is -1.39. The largest absolute Gasteiger partial charge is 0.481 e. The Morgan fingerprint density at radius 3 is 2.81 bits per heavy atom. The van der Waals surface area contributed by atoms with E-state index in [2.05, 4.69) is 37.4 Å². The van der Waals surface area contributed by atoms with Crippen molar-refractivity contribution in [1.29, 1.82) is 0 Å². The van der Waals surface area contributed by atoms with Crippen LogP contribution in [-0.2, 0) is 16.0 Å². The second kappa shape index (κ2) is 9.53. The number of hydrogen-bond acceptors (Lipinski definition) is 3. The van der Waals surface area contributed by atoms with Crippen LogP contribution in [-0.4, -0.2) is 36.9 Å². The molecule has 0 spiro atoms. The van der Waals surface area contributed by atoms with Gasteiger partial charge in [-0.2, -0.15) is 0 Å². The van der Waals surface area contributed by atoms with Crippen LogP contribution in [0, 0.1) is 13.8 Å². The maximum Gasteiger partial charge on any atom is 0.304 e. The smallest absolute Gasteiger partial charge is 0.304 e. The lowest BCUT2D eigenvalue weighted by atomic mass is 9.97. The van der Waals surface area contributed by atoms with Gasteiger partial charge in [-0.25, -0.2) is 0 Å². The van der Waals surface area contributed by atoms with Crippen LogP contribution in [0.25, 0.3) is 0 Å². The summed E-state index contributed by atoms with van der Waals surface area (Å²) in [5.74, 6) is -0.761. The van der Waals surface area contributed by atoms with Crippen molar-refractivity contribution in [2.45, 2.75) is 46.1 Å². The molecule has 4 heteroatoms. The summed E-state index contributed by atoms with van der Waals surface area (Å²) in [7, 11) is 0. The summed E-state index contributed by atoms with van der Waals surface area (Å²) in [6, 6.07) is 6.29. The number of benzene rings is 1. The Kier molecular flexibility index (Phi) is 8.01. The van der Waals surface area contributed by atoms with E-state index in [1.807, 2.05) is 6.92 Å². The summed E-state index contributed by atoms with van der Waals surface area (Å²) < 4.78 is 5.29. The van der Waals surface area contributed by atoms with E-state index in [1.165, 1.54) is 16.7 Å². The molecule has 0 saturated heterocycles. The summed E-state index contributed by atoms with van der Waals surface area (Å²) in [6.07, 6.45) is 1.78. The summed E-state index contributed by atoms with van der Waals surface area (Å²) in [4.78, 5) is 11.0. The number of aryl methyl sites for hydroxylation is 2. The van der Waals surface area contributed by atoms with Gasteiger partial charge in [0.15, 0.2) is 0 Å². The molecule has 0 fully saturated rings. The predicted molar refractivity (Wildman–Crippen MR) is 84.8 cm³/mol. The van der Waals surface area contributed by atoms with Gasteiger partial charge in [0.05, 0.1) is 6.42 Å². The molecular weight excluding hydrogens is 266 g/mol. The second-order valence-corrected chi connectivity index (χ2v) is 5.43. The summed E-state index contributed by atoms with van der Waals surface area (Å²) in [5.41, 5.74) is 3.65. The van der Waals surface area contributed by atoms with Gasteiger partial charge in [0.25, 0.3) is 0 Å². The van der Waals surface area contributed by atoms with E-state index in [9.17, 15) is 4.79 Å². The van der Waals surface area contributed by atoms with Gasteiger partial charge in [-0.3, -0.25) is 4.79 Å². The lowest BCUT2D eigenvalue weighted by molar-refractivity contribution is -0.137. The van der Waals surface area contributed by atoms with E-state index in [1.54, 1.807) is 0 Å². The van der Waals surface area contributed by atoms with Crippen molar-refractivity contribution < 1.29 is 14.6 Å². The topological polar surface area (TPSA) is 58.6 Å². The molecule has 2 N–H and O–H groups in total. The fourth-order valence-corrected chi connectivity index (χ4v) is 2.34. The maximum atomic E-state index is 11.0. The molecule has 4 nitrogen and oxygen atoms in total. The quantitative estimate of drug-likeness (QED) is 0.651. The fraction of sp³-hybridized carbons (Fsp3) is 0.588. The van der Waals surface area contributed by atoms with Gasteiger partial charge >= 0.3 is 5.97 Å². The van der Waals surface area contributed by atoms with Crippen molar-refractivity contribution >= 4 is 5.97 Å². The van der Waals surface area contributed by atoms with Gasteiger partial charge < -0.3 is 15.2 Å². The number of carbonyl (C=O) groups is 1. The van der Waals surface area contributed by atoms with E-state index < -0.39 is 5.97 Å². The van der Waals surface area contributed by atoms with E-state index in [4.69, 9.17) is 9.84 Å². The zero-order valence-corrected chi connectivity index (χ0v) is 13.3. The number of hydrogen-bond donors (Lipinski definition) is 2. The van der Waals surface area contributed by atoms with Crippen molar-refractivity contribution in [3.63, 3.8) is 0 Å². The van der Waals surface area contributed by atoms with E-state index in [-0.39, 0.29) is 12.5 Å². The average Bonchev–Trinajstić information content (AvgIpc) is 2.42. The van der Waals surface area contributed by atoms with Gasteiger partial charge in [-0.15, -0.1) is 0 Å². The van der Waals surface area contributed by atoms with E-state index in [0.717, 1.165) is 26.0 Å². The summed E-state index contributed by atoms with van der Waals surface area (Å²) in [5, 5.41) is 12.4. The minimum Gasteiger partial charge on any atom is -0.481 e. The van der Waals surface area contributed by atoms with Crippen LogP contribution in [0.1, 0.15) is 36.5 Å². The van der Waals surface area contributed by atoms with Crippen LogP contribution >= 0.6 is 0 Å². The first-order valence-corrected chi connectivity index (χ1v) is 7.62. The van der Waals surface area contributed by atoms with Crippen LogP contribution in [0.15, 0.2) is 18.2 Å². The van der Waals surface area contributed by atoms with Crippen LogP contribution < -0.4 is 5.32 Å². The van der Waals surface area contributed by atoms with Gasteiger partial charge in [0.1, 0.15) is 0 Å². The van der Waals surface area contributed by atoms with Gasteiger partial charge in [-0.05, 0) is 51.3 Å². The fourth-order valence-electron chi connectivity index (χ4n) is 2.34. The zero-order valence-electron chi connectivity index (χ0n) is 13.3. The highest BCUT2D eigenvalue weighted by molar-refractivity contribution is 5.67. The Labute approximate surface area is 127 Å².